The minimum Gasteiger partial charge on any atom is -0.508 e. The van der Waals surface area contributed by atoms with Gasteiger partial charge < -0.3 is 15.7 Å². The molecule has 0 saturated heterocycles. The predicted molar refractivity (Wildman–Crippen MR) is 105 cm³/mol. The molecule has 0 aliphatic carbocycles. The van der Waals surface area contributed by atoms with Crippen LogP contribution in [-0.4, -0.2) is 11.0 Å². The number of benzene rings is 3. The molecule has 0 aliphatic heterocycles. The second-order valence-corrected chi connectivity index (χ2v) is 6.34. The number of para-hydroxylation sites is 1. The van der Waals surface area contributed by atoms with E-state index in [1.54, 1.807) is 30.3 Å². The fraction of sp³-hybridized carbons (Fsp3) is 0.0952. The Morgan fingerprint density at radius 1 is 0.962 bits per heavy atom. The number of anilines is 2. The third-order valence-corrected chi connectivity index (χ3v) is 4.51. The number of carbonyl (C=O) groups excluding carboxylic acids is 1. The summed E-state index contributed by atoms with van der Waals surface area (Å²) in [5.41, 5.74) is 3.95. The largest absolute Gasteiger partial charge is 0.508 e. The number of rotatable bonds is 5. The van der Waals surface area contributed by atoms with Crippen LogP contribution in [0.2, 0.25) is 5.02 Å². The molecule has 0 atom stereocenters. The number of aromatic hydroxyl groups is 1. The summed E-state index contributed by atoms with van der Waals surface area (Å²) in [6.07, 6.45) is 0. The van der Waals surface area contributed by atoms with Gasteiger partial charge in [0.25, 0.3) is 5.91 Å². The zero-order valence-electron chi connectivity index (χ0n) is 14.3. The molecule has 0 spiro atoms. The van der Waals surface area contributed by atoms with Gasteiger partial charge in [-0.15, -0.1) is 0 Å². The van der Waals surface area contributed by atoms with Crippen molar-refractivity contribution in [1.82, 2.24) is 5.32 Å². The Labute approximate surface area is 157 Å². The Bertz CT molecular complexity index is 924. The summed E-state index contributed by atoms with van der Waals surface area (Å²) >= 11 is 6.17. The van der Waals surface area contributed by atoms with Gasteiger partial charge >= 0.3 is 0 Å². The molecule has 0 saturated carbocycles. The van der Waals surface area contributed by atoms with Crippen LogP contribution in [-0.2, 0) is 6.54 Å². The summed E-state index contributed by atoms with van der Waals surface area (Å²) in [5.74, 6) is 0.0207. The molecule has 0 radical (unpaired) electrons. The second kappa shape index (κ2) is 7.93. The Morgan fingerprint density at radius 2 is 1.65 bits per heavy atom. The maximum atomic E-state index is 12.6. The minimum absolute atomic E-state index is 0.180. The van der Waals surface area contributed by atoms with E-state index in [4.69, 9.17) is 11.6 Å². The molecule has 0 fully saturated rings. The van der Waals surface area contributed by atoms with Gasteiger partial charge in [-0.05, 0) is 54.4 Å². The molecule has 0 bridgehead atoms. The van der Waals surface area contributed by atoms with Crippen molar-refractivity contribution >= 4 is 28.9 Å². The van der Waals surface area contributed by atoms with Crippen molar-refractivity contribution in [2.24, 2.45) is 0 Å². The van der Waals surface area contributed by atoms with Crippen LogP contribution in [0.3, 0.4) is 0 Å². The first-order valence-electron chi connectivity index (χ1n) is 8.22. The van der Waals surface area contributed by atoms with Crippen LogP contribution in [0.4, 0.5) is 11.4 Å². The number of halogens is 1. The van der Waals surface area contributed by atoms with Gasteiger partial charge in [0.1, 0.15) is 5.75 Å². The molecule has 5 heteroatoms. The standard InChI is InChI=1S/C21H19ClN2O2/c1-14-18(22)6-4-8-19(14)24-20-7-3-2-5-17(20)21(26)23-13-15-9-11-16(25)12-10-15/h2-12,24-25H,13H2,1H3,(H,23,26). The van der Waals surface area contributed by atoms with Gasteiger partial charge in [-0.1, -0.05) is 41.9 Å². The summed E-state index contributed by atoms with van der Waals surface area (Å²) in [6, 6.07) is 19.7. The molecule has 3 aromatic rings. The molecule has 1 amide bonds. The number of amides is 1. The lowest BCUT2D eigenvalue weighted by Crippen LogP contribution is -2.23. The highest BCUT2D eigenvalue weighted by atomic mass is 35.5. The zero-order chi connectivity index (χ0) is 18.5. The first-order chi connectivity index (χ1) is 12.5. The van der Waals surface area contributed by atoms with Crippen molar-refractivity contribution in [2.75, 3.05) is 5.32 Å². The third kappa shape index (κ3) is 4.16. The van der Waals surface area contributed by atoms with Crippen LogP contribution in [0.5, 0.6) is 5.75 Å². The topological polar surface area (TPSA) is 61.4 Å². The monoisotopic (exact) mass is 366 g/mol. The second-order valence-electron chi connectivity index (χ2n) is 5.93. The normalized spacial score (nSPS) is 10.4. The third-order valence-electron chi connectivity index (χ3n) is 4.10. The molecular formula is C21H19ClN2O2. The molecule has 0 heterocycles. The van der Waals surface area contributed by atoms with Crippen LogP contribution in [0, 0.1) is 6.92 Å². The number of phenols is 1. The molecule has 3 rings (SSSR count). The van der Waals surface area contributed by atoms with E-state index in [9.17, 15) is 9.90 Å². The van der Waals surface area contributed by atoms with Crippen LogP contribution in [0.15, 0.2) is 66.7 Å². The first-order valence-corrected chi connectivity index (χ1v) is 8.59. The SMILES string of the molecule is Cc1c(Cl)cccc1Nc1ccccc1C(=O)NCc1ccc(O)cc1. The van der Waals surface area contributed by atoms with Crippen molar-refractivity contribution in [3.05, 3.63) is 88.4 Å². The number of phenolic OH excluding ortho intramolecular Hbond substituents is 1. The van der Waals surface area contributed by atoms with Crippen molar-refractivity contribution in [3.8, 4) is 5.75 Å². The van der Waals surface area contributed by atoms with E-state index in [0.29, 0.717) is 22.8 Å². The molecule has 4 nitrogen and oxygen atoms in total. The molecule has 26 heavy (non-hydrogen) atoms. The van der Waals surface area contributed by atoms with Gasteiger partial charge in [0, 0.05) is 17.3 Å². The smallest absolute Gasteiger partial charge is 0.253 e. The highest BCUT2D eigenvalue weighted by Gasteiger charge is 2.12. The highest BCUT2D eigenvalue weighted by Crippen LogP contribution is 2.27. The lowest BCUT2D eigenvalue weighted by Gasteiger charge is -2.14. The van der Waals surface area contributed by atoms with Crippen LogP contribution in [0.1, 0.15) is 21.5 Å². The van der Waals surface area contributed by atoms with Gasteiger partial charge in [0.2, 0.25) is 0 Å². The number of hydrogen-bond donors (Lipinski definition) is 3. The predicted octanol–water partition coefficient (Wildman–Crippen LogP) is 5.03. The van der Waals surface area contributed by atoms with E-state index in [0.717, 1.165) is 16.8 Å². The quantitative estimate of drug-likeness (QED) is 0.593. The highest BCUT2D eigenvalue weighted by molar-refractivity contribution is 6.31. The fourth-order valence-corrected chi connectivity index (χ4v) is 2.74. The maximum Gasteiger partial charge on any atom is 0.253 e. The van der Waals surface area contributed by atoms with E-state index < -0.39 is 0 Å². The van der Waals surface area contributed by atoms with Crippen molar-refractivity contribution in [2.45, 2.75) is 13.5 Å². The van der Waals surface area contributed by atoms with E-state index in [-0.39, 0.29) is 11.7 Å². The summed E-state index contributed by atoms with van der Waals surface area (Å²) in [6.45, 7) is 2.31. The van der Waals surface area contributed by atoms with Gasteiger partial charge in [-0.3, -0.25) is 4.79 Å². The molecule has 3 aromatic carbocycles. The Balaban J connectivity index is 1.76. The summed E-state index contributed by atoms with van der Waals surface area (Å²) in [7, 11) is 0. The number of nitrogens with one attached hydrogen (secondary N) is 2. The van der Waals surface area contributed by atoms with Gasteiger partial charge in [0.15, 0.2) is 0 Å². The van der Waals surface area contributed by atoms with Crippen molar-refractivity contribution < 1.29 is 9.90 Å². The van der Waals surface area contributed by atoms with Gasteiger partial charge in [-0.2, -0.15) is 0 Å². The van der Waals surface area contributed by atoms with Crippen LogP contribution in [0.25, 0.3) is 0 Å². The van der Waals surface area contributed by atoms with Crippen molar-refractivity contribution in [1.29, 1.82) is 0 Å². The lowest BCUT2D eigenvalue weighted by molar-refractivity contribution is 0.0952. The summed E-state index contributed by atoms with van der Waals surface area (Å²) in [5, 5.41) is 16.2. The maximum absolute atomic E-state index is 12.6. The first kappa shape index (κ1) is 17.8. The lowest BCUT2D eigenvalue weighted by atomic mass is 10.1. The summed E-state index contributed by atoms with van der Waals surface area (Å²) in [4.78, 5) is 12.6. The van der Waals surface area contributed by atoms with E-state index in [1.165, 1.54) is 0 Å². The average Bonchev–Trinajstić information content (AvgIpc) is 2.65. The molecule has 0 unspecified atom stereocenters. The average molecular weight is 367 g/mol. The zero-order valence-corrected chi connectivity index (χ0v) is 15.0. The van der Waals surface area contributed by atoms with Crippen molar-refractivity contribution in [3.63, 3.8) is 0 Å². The van der Waals surface area contributed by atoms with Crippen LogP contribution >= 0.6 is 11.6 Å². The van der Waals surface area contributed by atoms with E-state index in [1.807, 2.05) is 43.3 Å². The Hall–Kier alpha value is -2.98. The number of carbonyl (C=O) groups is 1. The molecule has 0 aromatic heterocycles. The molecule has 132 valence electrons. The fourth-order valence-electron chi connectivity index (χ4n) is 2.57. The van der Waals surface area contributed by atoms with E-state index in [2.05, 4.69) is 10.6 Å². The van der Waals surface area contributed by atoms with E-state index >= 15 is 0 Å². The van der Waals surface area contributed by atoms with Gasteiger partial charge in [-0.25, -0.2) is 0 Å². The minimum atomic E-state index is -0.180. The molecule has 0 aliphatic rings. The molecular weight excluding hydrogens is 348 g/mol. The molecule has 3 N–H and O–H groups in total. The number of hydrogen-bond acceptors (Lipinski definition) is 3. The van der Waals surface area contributed by atoms with Gasteiger partial charge in [0.05, 0.1) is 11.3 Å². The van der Waals surface area contributed by atoms with Crippen LogP contribution < -0.4 is 10.6 Å². The Kier molecular flexibility index (Phi) is 5.44. The summed E-state index contributed by atoms with van der Waals surface area (Å²) < 4.78 is 0. The Morgan fingerprint density at radius 3 is 2.42 bits per heavy atom.